The van der Waals surface area contributed by atoms with Gasteiger partial charge in [0.15, 0.2) is 0 Å². The summed E-state index contributed by atoms with van der Waals surface area (Å²) < 4.78 is 13.3. The van der Waals surface area contributed by atoms with Gasteiger partial charge >= 0.3 is 0 Å². The molecule has 3 rings (SSSR count). The fourth-order valence-electron chi connectivity index (χ4n) is 3.79. The number of amides is 1. The highest BCUT2D eigenvalue weighted by atomic mass is 19.1. The summed E-state index contributed by atoms with van der Waals surface area (Å²) in [5, 5.41) is 3.51. The summed E-state index contributed by atoms with van der Waals surface area (Å²) in [4.78, 5) is 21.2. The van der Waals surface area contributed by atoms with Crippen molar-refractivity contribution in [2.45, 2.75) is 33.2 Å². The van der Waals surface area contributed by atoms with Gasteiger partial charge in [-0.2, -0.15) is 0 Å². The highest BCUT2D eigenvalue weighted by Crippen LogP contribution is 2.32. The highest BCUT2D eigenvalue weighted by molar-refractivity contribution is 5.76. The molecule has 5 nitrogen and oxygen atoms in total. The average molecular weight is 399 g/mol. The van der Waals surface area contributed by atoms with Gasteiger partial charge in [-0.05, 0) is 35.2 Å². The molecule has 1 aliphatic rings. The Labute approximate surface area is 172 Å². The van der Waals surface area contributed by atoms with E-state index in [1.54, 1.807) is 6.20 Å². The average Bonchev–Trinajstić information content (AvgIpc) is 2.72. The standard InChI is InChI=1S/C23H31FN4O/c1-23(2,3)22(18-7-9-19(24)10-8-18)26-13-11-21(29)28-16-14-27(15-17-28)20-6-4-5-12-25-20/h4-10,12,22,26H,11,13-17H2,1-3H3. The van der Waals surface area contributed by atoms with Crippen LogP contribution in [0.15, 0.2) is 48.7 Å². The number of nitrogens with one attached hydrogen (secondary N) is 1. The normalized spacial score (nSPS) is 16.0. The lowest BCUT2D eigenvalue weighted by Gasteiger charge is -2.36. The van der Waals surface area contributed by atoms with Gasteiger partial charge in [-0.3, -0.25) is 4.79 Å². The van der Waals surface area contributed by atoms with Gasteiger partial charge in [0.1, 0.15) is 11.6 Å². The first-order valence-corrected chi connectivity index (χ1v) is 10.3. The molecule has 1 aromatic heterocycles. The van der Waals surface area contributed by atoms with Crippen LogP contribution in [-0.2, 0) is 4.79 Å². The van der Waals surface area contributed by atoms with Crippen LogP contribution in [-0.4, -0.2) is 48.5 Å². The molecule has 156 valence electrons. The van der Waals surface area contributed by atoms with Crippen LogP contribution in [0.2, 0.25) is 0 Å². The molecule has 1 amide bonds. The summed E-state index contributed by atoms with van der Waals surface area (Å²) >= 11 is 0. The number of hydrogen-bond donors (Lipinski definition) is 1. The number of hydrogen-bond acceptors (Lipinski definition) is 4. The minimum Gasteiger partial charge on any atom is -0.353 e. The van der Waals surface area contributed by atoms with Crippen LogP contribution in [0.4, 0.5) is 10.2 Å². The van der Waals surface area contributed by atoms with Gasteiger partial charge < -0.3 is 15.1 Å². The zero-order valence-corrected chi connectivity index (χ0v) is 17.6. The van der Waals surface area contributed by atoms with Crippen LogP contribution in [0, 0.1) is 11.2 Å². The van der Waals surface area contributed by atoms with Crippen molar-refractivity contribution in [3.8, 4) is 0 Å². The van der Waals surface area contributed by atoms with E-state index in [1.165, 1.54) is 12.1 Å². The molecular weight excluding hydrogens is 367 g/mol. The summed E-state index contributed by atoms with van der Waals surface area (Å²) in [7, 11) is 0. The van der Waals surface area contributed by atoms with Crippen molar-refractivity contribution in [1.29, 1.82) is 0 Å². The number of benzene rings is 1. The van der Waals surface area contributed by atoms with E-state index in [-0.39, 0.29) is 23.2 Å². The number of aromatic nitrogens is 1. The van der Waals surface area contributed by atoms with Gasteiger partial charge in [-0.25, -0.2) is 9.37 Å². The van der Waals surface area contributed by atoms with E-state index in [9.17, 15) is 9.18 Å². The second-order valence-electron chi connectivity index (χ2n) is 8.61. The molecular formula is C23H31FN4O. The zero-order chi connectivity index (χ0) is 20.9. The molecule has 0 saturated carbocycles. The first kappa shape index (κ1) is 21.2. The molecule has 1 aromatic carbocycles. The lowest BCUT2D eigenvalue weighted by molar-refractivity contribution is -0.131. The molecule has 6 heteroatoms. The Bertz CT molecular complexity index is 781. The minimum atomic E-state index is -0.235. The number of pyridine rings is 1. The molecule has 1 fully saturated rings. The molecule has 1 N–H and O–H groups in total. The highest BCUT2D eigenvalue weighted by Gasteiger charge is 2.27. The van der Waals surface area contributed by atoms with Crippen molar-refractivity contribution in [1.82, 2.24) is 15.2 Å². The number of halogens is 1. The second-order valence-corrected chi connectivity index (χ2v) is 8.61. The van der Waals surface area contributed by atoms with Gasteiger partial charge in [-0.15, -0.1) is 0 Å². The Kier molecular flexibility index (Phi) is 6.85. The molecule has 0 aliphatic carbocycles. The monoisotopic (exact) mass is 398 g/mol. The van der Waals surface area contributed by atoms with Crippen molar-refractivity contribution in [2.75, 3.05) is 37.6 Å². The van der Waals surface area contributed by atoms with Crippen LogP contribution in [0.5, 0.6) is 0 Å². The lowest BCUT2D eigenvalue weighted by atomic mass is 9.82. The maximum atomic E-state index is 13.3. The third-order valence-corrected chi connectivity index (χ3v) is 5.36. The van der Waals surface area contributed by atoms with Crippen molar-refractivity contribution < 1.29 is 9.18 Å². The number of rotatable bonds is 6. The zero-order valence-electron chi connectivity index (χ0n) is 17.6. The number of piperazine rings is 1. The fourth-order valence-corrected chi connectivity index (χ4v) is 3.79. The Morgan fingerprint density at radius 2 is 1.79 bits per heavy atom. The molecule has 1 aliphatic heterocycles. The van der Waals surface area contributed by atoms with Crippen molar-refractivity contribution in [3.63, 3.8) is 0 Å². The Balaban J connectivity index is 1.49. The summed E-state index contributed by atoms with van der Waals surface area (Å²) in [5.41, 5.74) is 0.991. The molecule has 1 saturated heterocycles. The number of nitrogens with zero attached hydrogens (tertiary/aromatic N) is 3. The Morgan fingerprint density at radius 3 is 2.38 bits per heavy atom. The molecule has 2 heterocycles. The summed E-state index contributed by atoms with van der Waals surface area (Å²) in [6, 6.07) is 12.6. The third-order valence-electron chi connectivity index (χ3n) is 5.36. The number of carbonyl (C=O) groups is 1. The topological polar surface area (TPSA) is 48.5 Å². The molecule has 2 aromatic rings. The molecule has 1 unspecified atom stereocenters. The smallest absolute Gasteiger partial charge is 0.223 e. The second kappa shape index (κ2) is 9.35. The fraction of sp³-hybridized carbons (Fsp3) is 0.478. The van der Waals surface area contributed by atoms with Crippen molar-refractivity contribution in [2.24, 2.45) is 5.41 Å². The largest absolute Gasteiger partial charge is 0.353 e. The predicted molar refractivity (Wildman–Crippen MR) is 114 cm³/mol. The summed E-state index contributed by atoms with van der Waals surface area (Å²) in [6.07, 6.45) is 2.25. The molecule has 1 atom stereocenters. The van der Waals surface area contributed by atoms with Gasteiger partial charge in [-0.1, -0.05) is 39.0 Å². The van der Waals surface area contributed by atoms with Gasteiger partial charge in [0.25, 0.3) is 0 Å². The van der Waals surface area contributed by atoms with Gasteiger partial charge in [0.05, 0.1) is 0 Å². The third kappa shape index (κ3) is 5.76. The SMILES string of the molecule is CC(C)(C)C(NCCC(=O)N1CCN(c2ccccn2)CC1)c1ccc(F)cc1. The van der Waals surface area contributed by atoms with E-state index in [0.717, 1.165) is 37.6 Å². The van der Waals surface area contributed by atoms with Crippen molar-refractivity contribution in [3.05, 3.63) is 60.0 Å². The molecule has 0 bridgehead atoms. The summed E-state index contributed by atoms with van der Waals surface area (Å²) in [6.45, 7) is 10.1. The lowest BCUT2D eigenvalue weighted by Crippen LogP contribution is -2.49. The molecule has 0 spiro atoms. The van der Waals surface area contributed by atoms with Crippen LogP contribution >= 0.6 is 0 Å². The quantitative estimate of drug-likeness (QED) is 0.807. The van der Waals surface area contributed by atoms with Crippen molar-refractivity contribution >= 4 is 11.7 Å². The van der Waals surface area contributed by atoms with Crippen LogP contribution in [0.1, 0.15) is 38.8 Å². The molecule has 0 radical (unpaired) electrons. The Hall–Kier alpha value is -2.47. The first-order chi connectivity index (χ1) is 13.8. The predicted octanol–water partition coefficient (Wildman–Crippen LogP) is 3.64. The maximum Gasteiger partial charge on any atom is 0.223 e. The van der Waals surface area contributed by atoms with E-state index in [0.29, 0.717) is 13.0 Å². The van der Waals surface area contributed by atoms with Crippen LogP contribution < -0.4 is 10.2 Å². The van der Waals surface area contributed by atoms with Crippen LogP contribution in [0.3, 0.4) is 0 Å². The first-order valence-electron chi connectivity index (χ1n) is 10.3. The van der Waals surface area contributed by atoms with Crippen LogP contribution in [0.25, 0.3) is 0 Å². The van der Waals surface area contributed by atoms with E-state index >= 15 is 0 Å². The Morgan fingerprint density at radius 1 is 1.10 bits per heavy atom. The van der Waals surface area contributed by atoms with E-state index in [1.807, 2.05) is 35.2 Å². The van der Waals surface area contributed by atoms with E-state index in [4.69, 9.17) is 0 Å². The molecule has 29 heavy (non-hydrogen) atoms. The number of anilines is 1. The van der Waals surface area contributed by atoms with E-state index in [2.05, 4.69) is 36.0 Å². The summed E-state index contributed by atoms with van der Waals surface area (Å²) in [5.74, 6) is 0.903. The minimum absolute atomic E-state index is 0.0464. The maximum absolute atomic E-state index is 13.3. The van der Waals surface area contributed by atoms with Gasteiger partial charge in [0, 0.05) is 51.4 Å². The number of carbonyl (C=O) groups excluding carboxylic acids is 1. The van der Waals surface area contributed by atoms with E-state index < -0.39 is 0 Å². The van der Waals surface area contributed by atoms with Gasteiger partial charge in [0.2, 0.25) is 5.91 Å².